The largest absolute Gasteiger partial charge is 0.497 e. The van der Waals surface area contributed by atoms with Crippen molar-refractivity contribution in [3.05, 3.63) is 66.7 Å². The molecule has 0 saturated carbocycles. The molecule has 2 amide bonds. The third-order valence-electron chi connectivity index (χ3n) is 4.44. The SMILES string of the molecule is COc1ccc(NC(=O)Nc2cccc(-c3nc4ccccc4[nH]3)c2)c(OC)c1. The Kier molecular flexibility index (Phi) is 5.03. The summed E-state index contributed by atoms with van der Waals surface area (Å²) >= 11 is 0. The maximum Gasteiger partial charge on any atom is 0.323 e. The van der Waals surface area contributed by atoms with Gasteiger partial charge in [0.15, 0.2) is 0 Å². The van der Waals surface area contributed by atoms with Gasteiger partial charge in [0.1, 0.15) is 17.3 Å². The van der Waals surface area contributed by atoms with E-state index in [0.717, 1.165) is 22.4 Å². The van der Waals surface area contributed by atoms with E-state index in [0.29, 0.717) is 22.9 Å². The molecule has 3 aromatic carbocycles. The predicted octanol–water partition coefficient (Wildman–Crippen LogP) is 4.89. The number of H-pyrrole nitrogens is 1. The number of nitrogens with zero attached hydrogens (tertiary/aromatic N) is 1. The number of imidazole rings is 1. The summed E-state index contributed by atoms with van der Waals surface area (Å²) in [6.07, 6.45) is 0. The summed E-state index contributed by atoms with van der Waals surface area (Å²) in [7, 11) is 3.11. The van der Waals surface area contributed by atoms with Crippen LogP contribution in [-0.4, -0.2) is 30.2 Å². The molecule has 7 nitrogen and oxygen atoms in total. The van der Waals surface area contributed by atoms with Gasteiger partial charge in [0, 0.05) is 17.3 Å². The van der Waals surface area contributed by atoms with E-state index in [9.17, 15) is 4.79 Å². The molecule has 0 aliphatic heterocycles. The lowest BCUT2D eigenvalue weighted by Crippen LogP contribution is -2.19. The minimum absolute atomic E-state index is 0.379. The van der Waals surface area contributed by atoms with Crippen molar-refractivity contribution < 1.29 is 14.3 Å². The third kappa shape index (κ3) is 3.98. The van der Waals surface area contributed by atoms with Crippen LogP contribution in [0.2, 0.25) is 0 Å². The van der Waals surface area contributed by atoms with Gasteiger partial charge in [0.25, 0.3) is 0 Å². The fourth-order valence-corrected chi connectivity index (χ4v) is 3.02. The van der Waals surface area contributed by atoms with Crippen LogP contribution in [0.4, 0.5) is 16.2 Å². The van der Waals surface area contributed by atoms with Crippen molar-refractivity contribution in [2.45, 2.75) is 0 Å². The van der Waals surface area contributed by atoms with E-state index in [4.69, 9.17) is 9.47 Å². The summed E-state index contributed by atoms with van der Waals surface area (Å²) in [6, 6.07) is 20.1. The Morgan fingerprint density at radius 2 is 1.79 bits per heavy atom. The van der Waals surface area contributed by atoms with Gasteiger partial charge in [-0.1, -0.05) is 24.3 Å². The number of carbonyl (C=O) groups is 1. The van der Waals surface area contributed by atoms with Crippen LogP contribution < -0.4 is 20.1 Å². The molecule has 4 rings (SSSR count). The number of urea groups is 1. The maximum atomic E-state index is 12.5. The summed E-state index contributed by atoms with van der Waals surface area (Å²) in [5.74, 6) is 1.90. The number of hydrogen-bond donors (Lipinski definition) is 3. The molecule has 0 aliphatic rings. The molecule has 3 N–H and O–H groups in total. The summed E-state index contributed by atoms with van der Waals surface area (Å²) in [6.45, 7) is 0. The maximum absolute atomic E-state index is 12.5. The van der Waals surface area contributed by atoms with Gasteiger partial charge in [0.2, 0.25) is 0 Å². The molecule has 29 heavy (non-hydrogen) atoms. The Morgan fingerprint density at radius 3 is 2.59 bits per heavy atom. The number of para-hydroxylation sites is 2. The zero-order valence-corrected chi connectivity index (χ0v) is 16.0. The van der Waals surface area contributed by atoms with Crippen LogP contribution in [0.25, 0.3) is 22.4 Å². The number of hydrogen-bond acceptors (Lipinski definition) is 4. The van der Waals surface area contributed by atoms with Gasteiger partial charge in [-0.2, -0.15) is 0 Å². The molecular formula is C22H20N4O3. The van der Waals surface area contributed by atoms with Gasteiger partial charge < -0.3 is 25.1 Å². The van der Waals surface area contributed by atoms with E-state index in [1.165, 1.54) is 7.11 Å². The zero-order chi connectivity index (χ0) is 20.2. The number of amides is 2. The number of methoxy groups -OCH3 is 2. The summed E-state index contributed by atoms with van der Waals surface area (Å²) in [5.41, 5.74) is 3.92. The molecule has 0 aliphatic carbocycles. The van der Waals surface area contributed by atoms with Crippen molar-refractivity contribution in [1.29, 1.82) is 0 Å². The molecule has 1 heterocycles. The lowest BCUT2D eigenvalue weighted by molar-refractivity contribution is 0.262. The van der Waals surface area contributed by atoms with Crippen molar-refractivity contribution in [2.24, 2.45) is 0 Å². The van der Waals surface area contributed by atoms with Crippen LogP contribution in [0.15, 0.2) is 66.7 Å². The normalized spacial score (nSPS) is 10.6. The van der Waals surface area contributed by atoms with Crippen LogP contribution in [0.3, 0.4) is 0 Å². The van der Waals surface area contributed by atoms with Gasteiger partial charge in [-0.3, -0.25) is 0 Å². The number of aromatic nitrogens is 2. The third-order valence-corrected chi connectivity index (χ3v) is 4.44. The van der Waals surface area contributed by atoms with Gasteiger partial charge in [-0.15, -0.1) is 0 Å². The van der Waals surface area contributed by atoms with Crippen LogP contribution >= 0.6 is 0 Å². The quantitative estimate of drug-likeness (QED) is 0.454. The molecule has 0 saturated heterocycles. The number of nitrogens with one attached hydrogen (secondary N) is 3. The van der Waals surface area contributed by atoms with Crippen LogP contribution in [0.5, 0.6) is 11.5 Å². The average Bonchev–Trinajstić information content (AvgIpc) is 3.18. The molecule has 0 bridgehead atoms. The fraction of sp³-hybridized carbons (Fsp3) is 0.0909. The van der Waals surface area contributed by atoms with E-state index >= 15 is 0 Å². The van der Waals surface area contributed by atoms with Crippen molar-refractivity contribution in [2.75, 3.05) is 24.9 Å². The van der Waals surface area contributed by atoms with E-state index in [-0.39, 0.29) is 6.03 Å². The first-order valence-electron chi connectivity index (χ1n) is 9.01. The van der Waals surface area contributed by atoms with Gasteiger partial charge >= 0.3 is 6.03 Å². The smallest absolute Gasteiger partial charge is 0.323 e. The highest BCUT2D eigenvalue weighted by atomic mass is 16.5. The molecule has 0 radical (unpaired) electrons. The Bertz CT molecular complexity index is 1140. The first kappa shape index (κ1) is 18.4. The van der Waals surface area contributed by atoms with E-state index in [1.54, 1.807) is 25.3 Å². The van der Waals surface area contributed by atoms with Crippen LogP contribution in [0.1, 0.15) is 0 Å². The second kappa shape index (κ2) is 7.93. The molecule has 0 atom stereocenters. The molecule has 7 heteroatoms. The summed E-state index contributed by atoms with van der Waals surface area (Å²) < 4.78 is 10.5. The number of benzene rings is 3. The van der Waals surface area contributed by atoms with E-state index in [1.807, 2.05) is 48.5 Å². The highest BCUT2D eigenvalue weighted by molar-refractivity contribution is 6.01. The summed E-state index contributed by atoms with van der Waals surface area (Å²) in [5, 5.41) is 5.62. The molecule has 1 aromatic heterocycles. The molecular weight excluding hydrogens is 368 g/mol. The fourth-order valence-electron chi connectivity index (χ4n) is 3.02. The Morgan fingerprint density at radius 1 is 0.931 bits per heavy atom. The lowest BCUT2D eigenvalue weighted by Gasteiger charge is -2.12. The Hall–Kier alpha value is -4.00. The van der Waals surface area contributed by atoms with Gasteiger partial charge in [-0.25, -0.2) is 9.78 Å². The predicted molar refractivity (Wildman–Crippen MR) is 114 cm³/mol. The number of fused-ring (bicyclic) bond motifs is 1. The minimum Gasteiger partial charge on any atom is -0.497 e. The molecule has 4 aromatic rings. The second-order valence-electron chi connectivity index (χ2n) is 6.33. The topological polar surface area (TPSA) is 88.3 Å². The van der Waals surface area contributed by atoms with Crippen molar-refractivity contribution in [3.8, 4) is 22.9 Å². The average molecular weight is 388 g/mol. The van der Waals surface area contributed by atoms with Gasteiger partial charge in [0.05, 0.1) is 30.9 Å². The van der Waals surface area contributed by atoms with Crippen molar-refractivity contribution in [1.82, 2.24) is 9.97 Å². The lowest BCUT2D eigenvalue weighted by atomic mass is 10.2. The number of aromatic amines is 1. The second-order valence-corrected chi connectivity index (χ2v) is 6.33. The number of ether oxygens (including phenoxy) is 2. The summed E-state index contributed by atoms with van der Waals surface area (Å²) in [4.78, 5) is 20.3. The number of anilines is 2. The highest BCUT2D eigenvalue weighted by Gasteiger charge is 2.10. The van der Waals surface area contributed by atoms with Crippen LogP contribution in [-0.2, 0) is 0 Å². The van der Waals surface area contributed by atoms with Crippen LogP contribution in [0, 0.1) is 0 Å². The Balaban J connectivity index is 1.51. The Labute approximate surface area is 167 Å². The van der Waals surface area contributed by atoms with Gasteiger partial charge in [-0.05, 0) is 36.4 Å². The molecule has 0 fully saturated rings. The molecule has 146 valence electrons. The molecule has 0 spiro atoms. The van der Waals surface area contributed by atoms with Crippen molar-refractivity contribution in [3.63, 3.8) is 0 Å². The number of carbonyl (C=O) groups excluding carboxylic acids is 1. The van der Waals surface area contributed by atoms with Crippen molar-refractivity contribution >= 4 is 28.4 Å². The highest BCUT2D eigenvalue weighted by Crippen LogP contribution is 2.29. The standard InChI is InChI=1S/C22H20N4O3/c1-28-16-10-11-19(20(13-16)29-2)26-22(27)23-15-7-5-6-14(12-15)21-24-17-8-3-4-9-18(17)25-21/h3-13H,1-2H3,(H,24,25)(H2,23,26,27). The van der Waals surface area contributed by atoms with E-state index < -0.39 is 0 Å². The number of rotatable bonds is 5. The zero-order valence-electron chi connectivity index (χ0n) is 16.0. The first-order valence-corrected chi connectivity index (χ1v) is 9.01. The first-order chi connectivity index (χ1) is 14.2. The molecule has 0 unspecified atom stereocenters. The monoisotopic (exact) mass is 388 g/mol. The minimum atomic E-state index is -0.379. The van der Waals surface area contributed by atoms with E-state index in [2.05, 4.69) is 20.6 Å².